The number of benzene rings is 6. The zero-order valence-corrected chi connectivity index (χ0v) is 36.1. The average Bonchev–Trinajstić information content (AvgIpc) is 4.03. The maximum absolute atomic E-state index is 14.3. The highest BCUT2D eigenvalue weighted by Crippen LogP contribution is 2.46. The molecule has 0 unspecified atom stereocenters. The monoisotopic (exact) mass is 829 g/mol. The quantitative estimate of drug-likeness (QED) is 0.0543. The minimum Gasteiger partial charge on any atom is -0.871 e. The molecule has 0 saturated heterocycles. The van der Waals surface area contributed by atoms with Crippen LogP contribution in [-0.2, 0) is 9.59 Å². The third kappa shape index (κ3) is 6.87. The smallest absolute Gasteiger partial charge is 0.233 e. The van der Waals surface area contributed by atoms with E-state index in [2.05, 4.69) is 126 Å². The van der Waals surface area contributed by atoms with Crippen molar-refractivity contribution in [2.24, 2.45) is 0 Å². The molecule has 3 heterocycles. The number of rotatable bonds is 13. The fourth-order valence-corrected chi connectivity index (χ4v) is 10.4. The van der Waals surface area contributed by atoms with E-state index in [1.54, 1.807) is 23.5 Å². The number of hydrogen-bond acceptors (Lipinski definition) is 5. The van der Waals surface area contributed by atoms with Gasteiger partial charge in [0.2, 0.25) is 23.0 Å². The van der Waals surface area contributed by atoms with Gasteiger partial charge in [-0.15, -0.1) is 11.3 Å². The van der Waals surface area contributed by atoms with Gasteiger partial charge in [0, 0.05) is 73.2 Å². The molecule has 6 aromatic carbocycles. The third-order valence-corrected chi connectivity index (χ3v) is 13.6. The molecule has 0 amide bonds. The van der Waals surface area contributed by atoms with E-state index in [0.29, 0.717) is 5.35 Å². The van der Waals surface area contributed by atoms with E-state index in [-0.39, 0.29) is 11.1 Å². The van der Waals surface area contributed by atoms with E-state index in [4.69, 9.17) is 0 Å². The number of nitrogens with zero attached hydrogens (tertiary/aromatic N) is 2. The predicted molar refractivity (Wildman–Crippen MR) is 254 cm³/mol. The molecule has 1 N–H and O–H groups in total. The Kier molecular flexibility index (Phi) is 10.3. The minimum absolute atomic E-state index is 0.0845. The number of ketones is 2. The second kappa shape index (κ2) is 16.2. The minimum atomic E-state index is -0.767. The van der Waals surface area contributed by atoms with Crippen LogP contribution in [0.25, 0.3) is 49.0 Å². The molecule has 1 aliphatic carbocycles. The van der Waals surface area contributed by atoms with E-state index < -0.39 is 17.3 Å². The van der Waals surface area contributed by atoms with Gasteiger partial charge in [-0.1, -0.05) is 116 Å². The first-order valence-electron chi connectivity index (χ1n) is 21.8. The highest BCUT2D eigenvalue weighted by molar-refractivity contribution is 7.19. The Bertz CT molecular complexity index is 3180. The summed E-state index contributed by atoms with van der Waals surface area (Å²) < 4.78 is 2.27. The lowest BCUT2D eigenvalue weighted by Gasteiger charge is -2.24. The molecule has 0 fully saturated rings. The molecule has 2 aromatic heterocycles. The Morgan fingerprint density at radius 1 is 0.661 bits per heavy atom. The predicted octanol–water partition coefficient (Wildman–Crippen LogP) is 12.0. The number of thiophene rings is 1. The second-order valence-corrected chi connectivity index (χ2v) is 17.7. The molecule has 306 valence electrons. The summed E-state index contributed by atoms with van der Waals surface area (Å²) in [4.78, 5) is 34.4. The Balaban J connectivity index is 1.07. The molecule has 1 aliphatic heterocycles. The van der Waals surface area contributed by atoms with Crippen molar-refractivity contribution in [1.82, 2.24) is 4.98 Å². The summed E-state index contributed by atoms with van der Waals surface area (Å²) in [7, 11) is 0. The van der Waals surface area contributed by atoms with Crippen LogP contribution in [0, 0.1) is 13.8 Å². The molecule has 8 aromatic rings. The standard InChI is InChI=1S/C55H47N3O3S/c1-4-5-6-7-8-9-31-57-47-28-27-39(49-29-30-50(62-49)58(37-23-19-34(2)20-24-37)38-25-21-35(3)22-26-38)40-15-12-17-42(52(40)47)48(57)33-44-53(59)43(54(60)55(44)61)32-46-41-16-10-13-36-14-11-18-45(56-46)51(36)41/h10-30,32-33H,4-9,31H2,1-3H3,(H,59,61). The summed E-state index contributed by atoms with van der Waals surface area (Å²) in [6.07, 6.45) is 10.1. The normalized spacial score (nSPS) is 15.0. The maximum Gasteiger partial charge on any atom is 0.233 e. The summed E-state index contributed by atoms with van der Waals surface area (Å²) in [6.45, 7) is 7.17. The number of aromatic amines is 1. The van der Waals surface area contributed by atoms with Crippen LogP contribution in [-0.4, -0.2) is 33.4 Å². The van der Waals surface area contributed by atoms with Crippen molar-refractivity contribution < 1.29 is 19.3 Å². The summed E-state index contributed by atoms with van der Waals surface area (Å²) in [5.41, 5.74) is 9.24. The molecule has 0 atom stereocenters. The van der Waals surface area contributed by atoms with E-state index in [0.717, 1.165) is 102 Å². The molecule has 0 radical (unpaired) electrons. The van der Waals surface area contributed by atoms with Crippen LogP contribution in [0.1, 0.15) is 62.1 Å². The number of allylic oxidation sites excluding steroid dienone is 3. The lowest BCUT2D eigenvalue weighted by molar-refractivity contribution is -0.436. The first-order valence-corrected chi connectivity index (χ1v) is 22.6. The molecular formula is C55H47N3O3S. The van der Waals surface area contributed by atoms with Gasteiger partial charge in [-0.25, -0.2) is 0 Å². The SMILES string of the molecule is CCCCCCCC[N+]1=C(/C=C2\C(=O)C(=O)C(/C=c3/[nH]c4cccc5cccc3c54)=C2[O-])c2cccc3c(-c4ccc(N(c5ccc(C)cc5)c5ccc(C)cc5)s4)ccc1c23. The van der Waals surface area contributed by atoms with Crippen molar-refractivity contribution in [3.63, 3.8) is 0 Å². The van der Waals surface area contributed by atoms with E-state index in [1.165, 1.54) is 30.4 Å². The van der Waals surface area contributed by atoms with Gasteiger partial charge in [0.25, 0.3) is 0 Å². The lowest BCUT2D eigenvalue weighted by Crippen LogP contribution is -2.17. The Hall–Kier alpha value is -6.83. The van der Waals surface area contributed by atoms with E-state index >= 15 is 0 Å². The van der Waals surface area contributed by atoms with Crippen molar-refractivity contribution in [2.45, 2.75) is 59.3 Å². The van der Waals surface area contributed by atoms with Gasteiger partial charge in [-0.2, -0.15) is 4.58 Å². The lowest BCUT2D eigenvalue weighted by atomic mass is 9.97. The van der Waals surface area contributed by atoms with Crippen LogP contribution in [0.4, 0.5) is 22.1 Å². The molecule has 0 spiro atoms. The number of aromatic nitrogens is 1. The maximum atomic E-state index is 14.3. The van der Waals surface area contributed by atoms with Crippen molar-refractivity contribution in [1.29, 1.82) is 0 Å². The van der Waals surface area contributed by atoms with Crippen LogP contribution >= 0.6 is 11.3 Å². The zero-order valence-electron chi connectivity index (χ0n) is 35.3. The van der Waals surface area contributed by atoms with Crippen molar-refractivity contribution in [3.05, 3.63) is 172 Å². The van der Waals surface area contributed by atoms with Crippen LogP contribution in [0.15, 0.2) is 150 Å². The van der Waals surface area contributed by atoms with E-state index in [1.807, 2.05) is 36.4 Å². The third-order valence-electron chi connectivity index (χ3n) is 12.5. The number of unbranched alkanes of at least 4 members (excludes halogenated alkanes) is 5. The number of H-pyrrole nitrogens is 1. The van der Waals surface area contributed by atoms with Gasteiger partial charge < -0.3 is 15.0 Å². The molecule has 62 heavy (non-hydrogen) atoms. The van der Waals surface area contributed by atoms with Gasteiger partial charge in [-0.3, -0.25) is 9.59 Å². The van der Waals surface area contributed by atoms with Crippen LogP contribution in [0.5, 0.6) is 0 Å². The fourth-order valence-electron chi connectivity index (χ4n) is 9.28. The molecular weight excluding hydrogens is 783 g/mol. The first kappa shape index (κ1) is 39.3. The van der Waals surface area contributed by atoms with Crippen LogP contribution in [0.2, 0.25) is 0 Å². The summed E-state index contributed by atoms with van der Waals surface area (Å²) in [6, 6.07) is 44.4. The molecule has 10 rings (SSSR count). The van der Waals surface area contributed by atoms with Crippen molar-refractivity contribution in [2.75, 3.05) is 11.4 Å². The Labute approximate surface area is 365 Å². The van der Waals surface area contributed by atoms with E-state index in [9.17, 15) is 14.7 Å². The van der Waals surface area contributed by atoms with Crippen molar-refractivity contribution in [3.8, 4) is 10.4 Å². The van der Waals surface area contributed by atoms with Gasteiger partial charge in [-0.05, 0) is 91.7 Å². The molecule has 0 saturated carbocycles. The van der Waals surface area contributed by atoms with Gasteiger partial charge in [0.05, 0.1) is 10.9 Å². The topological polar surface area (TPSA) is 79.2 Å². The number of hydrogen-bond donors (Lipinski definition) is 1. The largest absolute Gasteiger partial charge is 0.871 e. The number of nitrogens with one attached hydrogen (secondary N) is 1. The number of Topliss-reactive ketones (excluding diaryl/α,β-unsaturated/α-hetero) is 2. The zero-order chi connectivity index (χ0) is 42.5. The number of aryl methyl sites for hydroxylation is 2. The summed E-state index contributed by atoms with van der Waals surface area (Å²) >= 11 is 1.75. The highest BCUT2D eigenvalue weighted by Gasteiger charge is 2.36. The van der Waals surface area contributed by atoms with Crippen LogP contribution < -0.4 is 15.4 Å². The van der Waals surface area contributed by atoms with Gasteiger partial charge in [0.1, 0.15) is 11.5 Å². The average molecular weight is 830 g/mol. The number of carbonyl (C=O) groups is 2. The highest BCUT2D eigenvalue weighted by atomic mass is 32.1. The number of carbonyl (C=O) groups excluding carboxylic acids is 2. The summed E-state index contributed by atoms with van der Waals surface area (Å²) in [5.74, 6) is -2.06. The molecule has 0 bridgehead atoms. The summed E-state index contributed by atoms with van der Waals surface area (Å²) in [5, 5.41) is 21.2. The first-order chi connectivity index (χ1) is 30.3. The Morgan fingerprint density at radius 2 is 1.34 bits per heavy atom. The molecule has 7 heteroatoms. The van der Waals surface area contributed by atoms with Gasteiger partial charge >= 0.3 is 0 Å². The fraction of sp³-hybridized carbons (Fsp3) is 0.182. The van der Waals surface area contributed by atoms with Gasteiger partial charge in [0.15, 0.2) is 0 Å². The molecule has 6 nitrogen and oxygen atoms in total. The molecule has 2 aliphatic rings. The second-order valence-electron chi connectivity index (χ2n) is 16.7. The van der Waals surface area contributed by atoms with Crippen LogP contribution in [0.3, 0.4) is 0 Å². The number of anilines is 3. The Morgan fingerprint density at radius 3 is 2.08 bits per heavy atom. The van der Waals surface area contributed by atoms with Crippen molar-refractivity contribution >= 4 is 89.2 Å².